The summed E-state index contributed by atoms with van der Waals surface area (Å²) >= 11 is 0. The van der Waals surface area contributed by atoms with Crippen molar-refractivity contribution in [2.75, 3.05) is 33.0 Å². The molecule has 0 unspecified atom stereocenters. The third kappa shape index (κ3) is 3.69. The monoisotopic (exact) mass is 272 g/mol. The second kappa shape index (κ2) is 6.17. The lowest BCUT2D eigenvalue weighted by molar-refractivity contribution is 0.189. The summed E-state index contributed by atoms with van der Waals surface area (Å²) in [5.41, 5.74) is 6.96. The first-order chi connectivity index (χ1) is 8.37. The standard InChI is InChI=1S/C12H20N2O3S/c1-10-7-11(13)9-12(8-10)18(15,16)14(2)5-4-6-17-3/h7-9H,4-6,13H2,1-3H3. The van der Waals surface area contributed by atoms with Gasteiger partial charge in [-0.25, -0.2) is 12.7 Å². The lowest BCUT2D eigenvalue weighted by Crippen LogP contribution is -2.28. The van der Waals surface area contributed by atoms with Gasteiger partial charge in [-0.15, -0.1) is 0 Å². The smallest absolute Gasteiger partial charge is 0.242 e. The van der Waals surface area contributed by atoms with E-state index in [2.05, 4.69) is 0 Å². The van der Waals surface area contributed by atoms with Crippen molar-refractivity contribution in [1.82, 2.24) is 4.31 Å². The van der Waals surface area contributed by atoms with Gasteiger partial charge in [0.25, 0.3) is 0 Å². The summed E-state index contributed by atoms with van der Waals surface area (Å²) in [6, 6.07) is 4.84. The molecule has 1 rings (SSSR count). The molecule has 0 aliphatic heterocycles. The minimum atomic E-state index is -3.47. The van der Waals surface area contributed by atoms with Gasteiger partial charge in [0, 0.05) is 33.0 Å². The zero-order valence-electron chi connectivity index (χ0n) is 11.0. The van der Waals surface area contributed by atoms with Crippen molar-refractivity contribution in [3.8, 4) is 0 Å². The van der Waals surface area contributed by atoms with Crippen LogP contribution in [0.5, 0.6) is 0 Å². The molecule has 6 heteroatoms. The topological polar surface area (TPSA) is 72.6 Å². The molecule has 18 heavy (non-hydrogen) atoms. The molecule has 0 aliphatic rings. The Bertz CT molecular complexity index is 480. The molecule has 0 saturated carbocycles. The van der Waals surface area contributed by atoms with Gasteiger partial charge in [0.1, 0.15) is 0 Å². The van der Waals surface area contributed by atoms with Gasteiger partial charge in [-0.3, -0.25) is 0 Å². The van der Waals surface area contributed by atoms with Gasteiger partial charge in [0.2, 0.25) is 10.0 Å². The van der Waals surface area contributed by atoms with Gasteiger partial charge in [0.05, 0.1) is 4.90 Å². The Labute approximate surface area is 109 Å². The number of aryl methyl sites for hydroxylation is 1. The van der Waals surface area contributed by atoms with E-state index in [1.54, 1.807) is 26.3 Å². The molecule has 0 amide bonds. The van der Waals surface area contributed by atoms with Crippen LogP contribution < -0.4 is 5.73 Å². The van der Waals surface area contributed by atoms with Crippen LogP contribution in [-0.4, -0.2) is 40.0 Å². The average Bonchev–Trinajstić information content (AvgIpc) is 2.27. The van der Waals surface area contributed by atoms with Gasteiger partial charge in [-0.2, -0.15) is 0 Å². The summed E-state index contributed by atoms with van der Waals surface area (Å²) in [6.45, 7) is 2.78. The molecule has 102 valence electrons. The Balaban J connectivity index is 2.91. The van der Waals surface area contributed by atoms with Gasteiger partial charge in [-0.05, 0) is 37.1 Å². The minimum absolute atomic E-state index is 0.236. The predicted octanol–water partition coefficient (Wildman–Crippen LogP) is 1.23. The highest BCUT2D eigenvalue weighted by Crippen LogP contribution is 2.19. The quantitative estimate of drug-likeness (QED) is 0.624. The number of rotatable bonds is 6. The molecule has 5 nitrogen and oxygen atoms in total. The molecule has 0 saturated heterocycles. The Morgan fingerprint density at radius 3 is 2.56 bits per heavy atom. The van der Waals surface area contributed by atoms with Crippen molar-refractivity contribution in [2.24, 2.45) is 0 Å². The summed E-state index contributed by atoms with van der Waals surface area (Å²) in [7, 11) is -0.315. The summed E-state index contributed by atoms with van der Waals surface area (Å²) in [5, 5.41) is 0. The van der Waals surface area contributed by atoms with E-state index in [-0.39, 0.29) is 4.90 Å². The number of sulfonamides is 1. The van der Waals surface area contributed by atoms with E-state index < -0.39 is 10.0 Å². The number of anilines is 1. The van der Waals surface area contributed by atoms with E-state index in [1.807, 2.05) is 6.92 Å². The van der Waals surface area contributed by atoms with E-state index in [9.17, 15) is 8.42 Å². The van der Waals surface area contributed by atoms with E-state index in [0.717, 1.165) is 5.56 Å². The van der Waals surface area contributed by atoms with Gasteiger partial charge < -0.3 is 10.5 Å². The molecule has 2 N–H and O–H groups in total. The lowest BCUT2D eigenvalue weighted by atomic mass is 10.2. The first kappa shape index (κ1) is 14.9. The number of hydrogen-bond donors (Lipinski definition) is 1. The number of nitrogen functional groups attached to an aromatic ring is 1. The fourth-order valence-electron chi connectivity index (χ4n) is 1.66. The third-order valence-corrected chi connectivity index (χ3v) is 4.44. The van der Waals surface area contributed by atoms with Crippen molar-refractivity contribution in [1.29, 1.82) is 0 Å². The zero-order valence-corrected chi connectivity index (χ0v) is 11.8. The molecule has 0 aromatic heterocycles. The van der Waals surface area contributed by atoms with Crippen LogP contribution in [0.25, 0.3) is 0 Å². The summed E-state index contributed by atoms with van der Waals surface area (Å²) in [5.74, 6) is 0. The maximum atomic E-state index is 12.3. The number of benzene rings is 1. The first-order valence-corrected chi connectivity index (χ1v) is 7.14. The normalized spacial score (nSPS) is 12.0. The Hall–Kier alpha value is -1.11. The number of nitrogens with zero attached hydrogens (tertiary/aromatic N) is 1. The van der Waals surface area contributed by atoms with Crippen LogP contribution in [0.15, 0.2) is 23.1 Å². The highest BCUT2D eigenvalue weighted by atomic mass is 32.2. The molecule has 0 fully saturated rings. The molecule has 0 aliphatic carbocycles. The maximum Gasteiger partial charge on any atom is 0.242 e. The molecule has 0 bridgehead atoms. The molecular formula is C12H20N2O3S. The molecule has 0 radical (unpaired) electrons. The molecule has 1 aromatic carbocycles. The lowest BCUT2D eigenvalue weighted by Gasteiger charge is -2.17. The highest BCUT2D eigenvalue weighted by Gasteiger charge is 2.20. The second-order valence-electron chi connectivity index (χ2n) is 4.25. The summed E-state index contributed by atoms with van der Waals surface area (Å²) in [6.07, 6.45) is 0.660. The fourth-order valence-corrected chi connectivity index (χ4v) is 3.01. The average molecular weight is 272 g/mol. The van der Waals surface area contributed by atoms with Gasteiger partial charge in [0.15, 0.2) is 0 Å². The van der Waals surface area contributed by atoms with E-state index in [0.29, 0.717) is 25.3 Å². The van der Waals surface area contributed by atoms with Crippen molar-refractivity contribution >= 4 is 15.7 Å². The largest absolute Gasteiger partial charge is 0.399 e. The predicted molar refractivity (Wildman–Crippen MR) is 71.9 cm³/mol. The van der Waals surface area contributed by atoms with Crippen LogP contribution in [0.3, 0.4) is 0 Å². The van der Waals surface area contributed by atoms with Crippen LogP contribution >= 0.6 is 0 Å². The Morgan fingerprint density at radius 1 is 1.33 bits per heavy atom. The maximum absolute atomic E-state index is 12.3. The van der Waals surface area contributed by atoms with Crippen molar-refractivity contribution in [3.63, 3.8) is 0 Å². The van der Waals surface area contributed by atoms with Crippen LogP contribution in [0.2, 0.25) is 0 Å². The van der Waals surface area contributed by atoms with E-state index >= 15 is 0 Å². The third-order valence-electron chi connectivity index (χ3n) is 2.60. The van der Waals surface area contributed by atoms with Crippen LogP contribution in [0, 0.1) is 6.92 Å². The fraction of sp³-hybridized carbons (Fsp3) is 0.500. The van der Waals surface area contributed by atoms with Crippen LogP contribution in [0.4, 0.5) is 5.69 Å². The second-order valence-corrected chi connectivity index (χ2v) is 6.30. The summed E-state index contributed by atoms with van der Waals surface area (Å²) in [4.78, 5) is 0.236. The Morgan fingerprint density at radius 2 is 2.00 bits per heavy atom. The molecule has 0 atom stereocenters. The number of methoxy groups -OCH3 is 1. The highest BCUT2D eigenvalue weighted by molar-refractivity contribution is 7.89. The minimum Gasteiger partial charge on any atom is -0.399 e. The molecular weight excluding hydrogens is 252 g/mol. The molecule has 0 heterocycles. The van der Waals surface area contributed by atoms with E-state index in [4.69, 9.17) is 10.5 Å². The zero-order chi connectivity index (χ0) is 13.8. The van der Waals surface area contributed by atoms with Crippen LogP contribution in [-0.2, 0) is 14.8 Å². The molecule has 0 spiro atoms. The number of ether oxygens (including phenoxy) is 1. The Kier molecular flexibility index (Phi) is 5.13. The van der Waals surface area contributed by atoms with Gasteiger partial charge >= 0.3 is 0 Å². The molecule has 1 aromatic rings. The van der Waals surface area contributed by atoms with Crippen molar-refractivity contribution in [3.05, 3.63) is 23.8 Å². The number of hydrogen-bond acceptors (Lipinski definition) is 4. The summed E-state index contributed by atoms with van der Waals surface area (Å²) < 4.78 is 30.7. The van der Waals surface area contributed by atoms with Crippen molar-refractivity contribution < 1.29 is 13.2 Å². The first-order valence-electron chi connectivity index (χ1n) is 5.70. The van der Waals surface area contributed by atoms with Crippen molar-refractivity contribution in [2.45, 2.75) is 18.2 Å². The SMILES string of the molecule is COCCCN(C)S(=O)(=O)c1cc(C)cc(N)c1. The van der Waals surface area contributed by atoms with Gasteiger partial charge in [-0.1, -0.05) is 0 Å². The van der Waals surface area contributed by atoms with E-state index in [1.165, 1.54) is 10.4 Å². The van der Waals surface area contributed by atoms with Crippen LogP contribution in [0.1, 0.15) is 12.0 Å². The number of nitrogens with two attached hydrogens (primary N) is 1.